The van der Waals surface area contributed by atoms with E-state index in [0.717, 1.165) is 12.1 Å². The number of hydrazine groups is 1. The summed E-state index contributed by atoms with van der Waals surface area (Å²) in [6.45, 7) is 6.23. The van der Waals surface area contributed by atoms with Crippen LogP contribution in [0.15, 0.2) is 12.1 Å². The van der Waals surface area contributed by atoms with Crippen LogP contribution >= 0.6 is 0 Å². The molecule has 0 unspecified atom stereocenters. The van der Waals surface area contributed by atoms with Gasteiger partial charge in [-0.05, 0) is 17.5 Å². The van der Waals surface area contributed by atoms with Gasteiger partial charge in [0, 0.05) is 12.1 Å². The van der Waals surface area contributed by atoms with Gasteiger partial charge in [0.1, 0.15) is 5.69 Å². The lowest BCUT2D eigenvalue weighted by atomic mass is 9.97. The van der Waals surface area contributed by atoms with Crippen LogP contribution in [0.4, 0.5) is 14.5 Å². The van der Waals surface area contributed by atoms with Gasteiger partial charge in [0.05, 0.1) is 0 Å². The van der Waals surface area contributed by atoms with E-state index in [0.29, 0.717) is 6.54 Å². The monoisotopic (exact) mass is 257 g/mol. The minimum Gasteiger partial charge on any atom is -0.352 e. The molecular weight excluding hydrogens is 240 g/mol. The van der Waals surface area contributed by atoms with E-state index < -0.39 is 23.2 Å². The second kappa shape index (κ2) is 5.30. The summed E-state index contributed by atoms with van der Waals surface area (Å²) in [6.07, 6.45) is 0. The fourth-order valence-corrected chi connectivity index (χ4v) is 1.29. The lowest BCUT2D eigenvalue weighted by Gasteiger charge is -2.18. The highest BCUT2D eigenvalue weighted by atomic mass is 19.1. The number of hydrogen-bond acceptors (Lipinski definition) is 3. The third-order valence-electron chi connectivity index (χ3n) is 2.23. The largest absolute Gasteiger partial charge is 0.352 e. The molecule has 0 atom stereocenters. The van der Waals surface area contributed by atoms with Crippen LogP contribution in [-0.2, 0) is 0 Å². The van der Waals surface area contributed by atoms with Crippen LogP contribution in [0.5, 0.6) is 0 Å². The SMILES string of the molecule is CC(C)(C)CNC(=O)c1cc(F)c(NN)c(F)c1. The summed E-state index contributed by atoms with van der Waals surface area (Å²) in [5.41, 5.74) is 1.27. The number of rotatable bonds is 3. The molecule has 1 rings (SSSR count). The molecule has 4 nitrogen and oxygen atoms in total. The summed E-state index contributed by atoms with van der Waals surface area (Å²) in [6, 6.07) is 1.88. The molecule has 0 saturated carbocycles. The smallest absolute Gasteiger partial charge is 0.251 e. The highest BCUT2D eigenvalue weighted by Crippen LogP contribution is 2.20. The fourth-order valence-electron chi connectivity index (χ4n) is 1.29. The zero-order chi connectivity index (χ0) is 13.9. The molecule has 0 fully saturated rings. The molecule has 0 spiro atoms. The standard InChI is InChI=1S/C12H17F2N3O/c1-12(2,3)6-16-11(18)7-4-8(13)10(17-15)9(14)5-7/h4-5,17H,6,15H2,1-3H3,(H,16,18). The van der Waals surface area contributed by atoms with Crippen molar-refractivity contribution >= 4 is 11.6 Å². The van der Waals surface area contributed by atoms with Crippen molar-refractivity contribution in [3.05, 3.63) is 29.3 Å². The molecule has 1 aromatic rings. The molecule has 0 radical (unpaired) electrons. The molecule has 1 aromatic carbocycles. The lowest BCUT2D eigenvalue weighted by molar-refractivity contribution is 0.0938. The van der Waals surface area contributed by atoms with E-state index >= 15 is 0 Å². The van der Waals surface area contributed by atoms with Crippen molar-refractivity contribution < 1.29 is 13.6 Å². The second-order valence-corrected chi connectivity index (χ2v) is 5.20. The predicted molar refractivity (Wildman–Crippen MR) is 66.0 cm³/mol. The first-order valence-electron chi connectivity index (χ1n) is 5.48. The minimum atomic E-state index is -0.904. The van der Waals surface area contributed by atoms with E-state index in [-0.39, 0.29) is 11.0 Å². The van der Waals surface area contributed by atoms with Crippen molar-refractivity contribution in [1.29, 1.82) is 0 Å². The molecule has 0 heterocycles. The topological polar surface area (TPSA) is 67.2 Å². The van der Waals surface area contributed by atoms with Gasteiger partial charge < -0.3 is 10.7 Å². The zero-order valence-corrected chi connectivity index (χ0v) is 10.6. The summed E-state index contributed by atoms with van der Waals surface area (Å²) in [4.78, 5) is 11.7. The van der Waals surface area contributed by atoms with Gasteiger partial charge in [0.2, 0.25) is 0 Å². The van der Waals surface area contributed by atoms with Gasteiger partial charge in [0.25, 0.3) is 5.91 Å². The van der Waals surface area contributed by atoms with Gasteiger partial charge in [-0.15, -0.1) is 0 Å². The first kappa shape index (κ1) is 14.4. The Labute approximate surface area is 105 Å². The van der Waals surface area contributed by atoms with Crippen LogP contribution < -0.4 is 16.6 Å². The van der Waals surface area contributed by atoms with Crippen molar-refractivity contribution in [2.24, 2.45) is 11.3 Å². The first-order chi connectivity index (χ1) is 8.24. The Kier molecular flexibility index (Phi) is 4.24. The van der Waals surface area contributed by atoms with Crippen LogP contribution in [0.3, 0.4) is 0 Å². The van der Waals surface area contributed by atoms with Crippen molar-refractivity contribution in [2.75, 3.05) is 12.0 Å². The Bertz CT molecular complexity index is 432. The number of carbonyl (C=O) groups excluding carboxylic acids is 1. The van der Waals surface area contributed by atoms with E-state index in [4.69, 9.17) is 5.84 Å². The van der Waals surface area contributed by atoms with Gasteiger partial charge >= 0.3 is 0 Å². The van der Waals surface area contributed by atoms with Crippen molar-refractivity contribution in [1.82, 2.24) is 5.32 Å². The van der Waals surface area contributed by atoms with Crippen LogP contribution in [-0.4, -0.2) is 12.5 Å². The van der Waals surface area contributed by atoms with Gasteiger partial charge in [0.15, 0.2) is 11.6 Å². The third-order valence-corrected chi connectivity index (χ3v) is 2.23. The molecule has 0 aromatic heterocycles. The van der Waals surface area contributed by atoms with E-state index in [9.17, 15) is 13.6 Å². The molecule has 4 N–H and O–H groups in total. The van der Waals surface area contributed by atoms with Gasteiger partial charge in [-0.25, -0.2) is 8.78 Å². The number of benzene rings is 1. The van der Waals surface area contributed by atoms with Gasteiger partial charge in [-0.3, -0.25) is 10.6 Å². The Hall–Kier alpha value is -1.69. The Morgan fingerprint density at radius 2 is 1.78 bits per heavy atom. The van der Waals surface area contributed by atoms with E-state index in [1.165, 1.54) is 0 Å². The summed E-state index contributed by atoms with van der Waals surface area (Å²) in [7, 11) is 0. The average molecular weight is 257 g/mol. The highest BCUT2D eigenvalue weighted by Gasteiger charge is 2.16. The Morgan fingerprint density at radius 3 is 2.17 bits per heavy atom. The number of amides is 1. The highest BCUT2D eigenvalue weighted by molar-refractivity contribution is 5.94. The quantitative estimate of drug-likeness (QED) is 0.573. The van der Waals surface area contributed by atoms with Crippen LogP contribution in [0.1, 0.15) is 31.1 Å². The third kappa shape index (κ3) is 3.66. The summed E-state index contributed by atoms with van der Waals surface area (Å²) in [5.74, 6) is 2.63. The van der Waals surface area contributed by atoms with Gasteiger partial charge in [-0.1, -0.05) is 20.8 Å². The maximum absolute atomic E-state index is 13.4. The van der Waals surface area contributed by atoms with E-state index in [2.05, 4.69) is 5.32 Å². The molecule has 18 heavy (non-hydrogen) atoms. The Balaban J connectivity index is 2.88. The molecule has 0 saturated heterocycles. The van der Waals surface area contributed by atoms with Gasteiger partial charge in [-0.2, -0.15) is 0 Å². The van der Waals surface area contributed by atoms with Crippen LogP contribution in [0.2, 0.25) is 0 Å². The van der Waals surface area contributed by atoms with Crippen LogP contribution in [0.25, 0.3) is 0 Å². The molecule has 6 heteroatoms. The molecule has 0 aliphatic rings. The number of carbonyl (C=O) groups is 1. The molecule has 0 aliphatic heterocycles. The van der Waals surface area contributed by atoms with Crippen molar-refractivity contribution in [3.8, 4) is 0 Å². The van der Waals surface area contributed by atoms with Crippen molar-refractivity contribution in [2.45, 2.75) is 20.8 Å². The molecule has 1 amide bonds. The molecule has 100 valence electrons. The lowest BCUT2D eigenvalue weighted by Crippen LogP contribution is -2.32. The number of anilines is 1. The Morgan fingerprint density at radius 1 is 1.28 bits per heavy atom. The molecular formula is C12H17F2N3O. The fraction of sp³-hybridized carbons (Fsp3) is 0.417. The number of nitrogen functional groups attached to an aromatic ring is 1. The average Bonchev–Trinajstić information content (AvgIpc) is 2.24. The second-order valence-electron chi connectivity index (χ2n) is 5.20. The molecule has 0 bridgehead atoms. The number of nitrogens with one attached hydrogen (secondary N) is 2. The number of hydrogen-bond donors (Lipinski definition) is 3. The maximum atomic E-state index is 13.4. The number of halogens is 2. The normalized spacial score (nSPS) is 11.2. The number of nitrogens with two attached hydrogens (primary N) is 1. The van der Waals surface area contributed by atoms with E-state index in [1.54, 1.807) is 0 Å². The zero-order valence-electron chi connectivity index (χ0n) is 10.6. The molecule has 0 aliphatic carbocycles. The predicted octanol–water partition coefficient (Wildman–Crippen LogP) is 2.03. The van der Waals surface area contributed by atoms with E-state index in [1.807, 2.05) is 26.2 Å². The van der Waals surface area contributed by atoms with Crippen molar-refractivity contribution in [3.63, 3.8) is 0 Å². The summed E-state index contributed by atoms with van der Waals surface area (Å²) < 4.78 is 26.8. The van der Waals surface area contributed by atoms with Crippen LogP contribution in [0, 0.1) is 17.0 Å². The summed E-state index contributed by atoms with van der Waals surface area (Å²) in [5, 5.41) is 2.61. The maximum Gasteiger partial charge on any atom is 0.251 e. The first-order valence-corrected chi connectivity index (χ1v) is 5.48. The summed E-state index contributed by atoms with van der Waals surface area (Å²) >= 11 is 0. The minimum absolute atomic E-state index is 0.0757.